The van der Waals surface area contributed by atoms with Crippen LogP contribution in [0.3, 0.4) is 0 Å². The Morgan fingerprint density at radius 3 is 2.50 bits per heavy atom. The summed E-state index contributed by atoms with van der Waals surface area (Å²) in [5.41, 5.74) is 8.59. The van der Waals surface area contributed by atoms with Gasteiger partial charge in [-0.2, -0.15) is 0 Å². The number of nitrogens with two attached hydrogens (primary N) is 1. The molecule has 0 saturated heterocycles. The van der Waals surface area contributed by atoms with E-state index in [-0.39, 0.29) is 5.54 Å². The van der Waals surface area contributed by atoms with Crippen molar-refractivity contribution in [2.45, 2.75) is 32.2 Å². The Labute approximate surface area is 75.6 Å². The summed E-state index contributed by atoms with van der Waals surface area (Å²) >= 11 is 0. The molecule has 0 fully saturated rings. The summed E-state index contributed by atoms with van der Waals surface area (Å²) in [7, 11) is 3.98. The molecule has 3 heteroatoms. The number of hydrogen-bond acceptors (Lipinski definition) is 3. The summed E-state index contributed by atoms with van der Waals surface area (Å²) in [6, 6.07) is 0. The van der Waals surface area contributed by atoms with Crippen LogP contribution in [-0.4, -0.2) is 24.6 Å². The third kappa shape index (κ3) is 2.83. The maximum atomic E-state index is 5.31. The van der Waals surface area contributed by atoms with Gasteiger partial charge in [-0.05, 0) is 33.0 Å². The smallest absolute Gasteiger partial charge is 0.0355 e. The lowest BCUT2D eigenvalue weighted by Gasteiger charge is -2.36. The van der Waals surface area contributed by atoms with Crippen LogP contribution in [0, 0.1) is 0 Å². The van der Waals surface area contributed by atoms with Crippen molar-refractivity contribution >= 4 is 0 Å². The first kappa shape index (κ1) is 11.5. The fraction of sp³-hybridized carbons (Fsp3) is 0.778. The Balaban J connectivity index is 4.22. The highest BCUT2D eigenvalue weighted by atomic mass is 15.5. The van der Waals surface area contributed by atoms with Crippen molar-refractivity contribution in [2.24, 2.45) is 5.73 Å². The van der Waals surface area contributed by atoms with E-state index in [9.17, 15) is 0 Å². The molecule has 3 N–H and O–H groups in total. The lowest BCUT2D eigenvalue weighted by Crippen LogP contribution is -2.49. The predicted octanol–water partition coefficient (Wildman–Crippen LogP) is 1.08. The van der Waals surface area contributed by atoms with Gasteiger partial charge in [-0.3, -0.25) is 5.43 Å². The number of hydrazine groups is 1. The second-order valence-electron chi connectivity index (χ2n) is 3.27. The van der Waals surface area contributed by atoms with Crippen LogP contribution in [0.15, 0.2) is 12.3 Å². The summed E-state index contributed by atoms with van der Waals surface area (Å²) in [5, 5.41) is 2.12. The lowest BCUT2D eigenvalue weighted by atomic mass is 9.94. The van der Waals surface area contributed by atoms with E-state index < -0.39 is 0 Å². The Morgan fingerprint density at radius 2 is 2.17 bits per heavy atom. The molecule has 72 valence electrons. The average Bonchev–Trinajstić information content (AvgIpc) is 2.12. The molecule has 0 bridgehead atoms. The minimum atomic E-state index is 0.157. The van der Waals surface area contributed by atoms with Crippen molar-refractivity contribution in [3.8, 4) is 0 Å². The molecule has 0 saturated carbocycles. The second-order valence-corrected chi connectivity index (χ2v) is 3.27. The number of nitrogens with one attached hydrogen (secondary N) is 1. The van der Waals surface area contributed by atoms with Crippen molar-refractivity contribution < 1.29 is 0 Å². The van der Waals surface area contributed by atoms with Crippen LogP contribution in [0.4, 0.5) is 0 Å². The van der Waals surface area contributed by atoms with E-state index in [1.54, 1.807) is 6.20 Å². The minimum Gasteiger partial charge on any atom is -0.405 e. The highest BCUT2D eigenvalue weighted by molar-refractivity contribution is 4.91. The Hall–Kier alpha value is -0.540. The molecule has 0 aromatic carbocycles. The largest absolute Gasteiger partial charge is 0.405 e. The molecule has 12 heavy (non-hydrogen) atoms. The maximum absolute atomic E-state index is 5.31. The van der Waals surface area contributed by atoms with E-state index in [4.69, 9.17) is 5.73 Å². The fourth-order valence-electron chi connectivity index (χ4n) is 1.11. The minimum absolute atomic E-state index is 0.157. The zero-order valence-electron chi connectivity index (χ0n) is 8.59. The van der Waals surface area contributed by atoms with E-state index >= 15 is 0 Å². The summed E-state index contributed by atoms with van der Waals surface area (Å²) in [4.78, 5) is 0. The second kappa shape index (κ2) is 5.17. The van der Waals surface area contributed by atoms with Gasteiger partial charge in [-0.1, -0.05) is 13.0 Å². The molecule has 0 radical (unpaired) electrons. The van der Waals surface area contributed by atoms with Crippen molar-refractivity contribution in [3.63, 3.8) is 0 Å². The molecule has 0 aromatic rings. The van der Waals surface area contributed by atoms with Crippen molar-refractivity contribution in [1.29, 1.82) is 0 Å². The molecule has 0 aliphatic carbocycles. The first-order chi connectivity index (χ1) is 5.60. The normalized spacial score (nSPS) is 17.1. The van der Waals surface area contributed by atoms with E-state index in [0.29, 0.717) is 0 Å². The highest BCUT2D eigenvalue weighted by Crippen LogP contribution is 2.20. The quantitative estimate of drug-likeness (QED) is 0.608. The van der Waals surface area contributed by atoms with E-state index in [0.717, 1.165) is 12.8 Å². The summed E-state index contributed by atoms with van der Waals surface area (Å²) in [5.74, 6) is 0. The van der Waals surface area contributed by atoms with E-state index in [1.165, 1.54) is 0 Å². The molecule has 3 nitrogen and oxygen atoms in total. The third-order valence-corrected chi connectivity index (χ3v) is 2.60. The Kier molecular flexibility index (Phi) is 4.93. The monoisotopic (exact) mass is 171 g/mol. The standard InChI is InChI=1S/C9H21N3/c1-5-9(2,7-6-8-10)12(4)11-3/h6,8,11H,5,7,10H2,1-4H3/b8-6-. The van der Waals surface area contributed by atoms with Crippen LogP contribution in [0.2, 0.25) is 0 Å². The van der Waals surface area contributed by atoms with Crippen molar-refractivity contribution in [1.82, 2.24) is 10.4 Å². The van der Waals surface area contributed by atoms with Crippen LogP contribution < -0.4 is 11.2 Å². The van der Waals surface area contributed by atoms with Crippen molar-refractivity contribution in [2.75, 3.05) is 14.1 Å². The van der Waals surface area contributed by atoms with Gasteiger partial charge < -0.3 is 5.73 Å². The van der Waals surface area contributed by atoms with E-state index in [2.05, 4.69) is 24.3 Å². The van der Waals surface area contributed by atoms with Gasteiger partial charge in [0.2, 0.25) is 0 Å². The maximum Gasteiger partial charge on any atom is 0.0355 e. The molecular formula is C9H21N3. The first-order valence-corrected chi connectivity index (χ1v) is 4.38. The molecule has 0 rings (SSSR count). The van der Waals surface area contributed by atoms with Gasteiger partial charge in [0.15, 0.2) is 0 Å². The first-order valence-electron chi connectivity index (χ1n) is 4.38. The molecular weight excluding hydrogens is 150 g/mol. The molecule has 0 aromatic heterocycles. The van der Waals surface area contributed by atoms with Gasteiger partial charge in [0, 0.05) is 12.6 Å². The molecule has 0 aliphatic rings. The third-order valence-electron chi connectivity index (χ3n) is 2.60. The molecule has 1 atom stereocenters. The van der Waals surface area contributed by atoms with Crippen molar-refractivity contribution in [3.05, 3.63) is 12.3 Å². The summed E-state index contributed by atoms with van der Waals surface area (Å²) in [6.45, 7) is 4.39. The highest BCUT2D eigenvalue weighted by Gasteiger charge is 2.24. The molecule has 0 heterocycles. The van der Waals surface area contributed by atoms with Gasteiger partial charge in [0.25, 0.3) is 0 Å². The van der Waals surface area contributed by atoms with Gasteiger partial charge in [-0.25, -0.2) is 5.01 Å². The zero-order valence-corrected chi connectivity index (χ0v) is 8.59. The Bertz CT molecular complexity index is 145. The molecule has 0 spiro atoms. The van der Waals surface area contributed by atoms with Gasteiger partial charge in [0.1, 0.15) is 0 Å². The van der Waals surface area contributed by atoms with Gasteiger partial charge in [-0.15, -0.1) is 0 Å². The van der Waals surface area contributed by atoms with Crippen LogP contribution in [0.1, 0.15) is 26.7 Å². The average molecular weight is 171 g/mol. The lowest BCUT2D eigenvalue weighted by molar-refractivity contribution is 0.0869. The number of nitrogens with zero attached hydrogens (tertiary/aromatic N) is 1. The molecule has 0 amide bonds. The fourth-order valence-corrected chi connectivity index (χ4v) is 1.11. The molecule has 1 unspecified atom stereocenters. The predicted molar refractivity (Wildman–Crippen MR) is 53.5 cm³/mol. The van der Waals surface area contributed by atoms with E-state index in [1.807, 2.05) is 20.2 Å². The zero-order chi connectivity index (χ0) is 9.61. The number of hydrogen-bond donors (Lipinski definition) is 2. The van der Waals surface area contributed by atoms with Crippen LogP contribution >= 0.6 is 0 Å². The van der Waals surface area contributed by atoms with Crippen LogP contribution in [0.25, 0.3) is 0 Å². The summed E-state index contributed by atoms with van der Waals surface area (Å²) in [6.07, 6.45) is 5.67. The number of rotatable bonds is 5. The topological polar surface area (TPSA) is 41.3 Å². The van der Waals surface area contributed by atoms with Gasteiger partial charge in [0.05, 0.1) is 0 Å². The summed E-state index contributed by atoms with van der Waals surface area (Å²) < 4.78 is 0. The van der Waals surface area contributed by atoms with Gasteiger partial charge >= 0.3 is 0 Å². The molecule has 0 aliphatic heterocycles. The SMILES string of the molecule is CCC(C)(C/C=C\N)N(C)NC. The van der Waals surface area contributed by atoms with Crippen LogP contribution in [0.5, 0.6) is 0 Å². The van der Waals surface area contributed by atoms with Crippen LogP contribution in [-0.2, 0) is 0 Å². The Morgan fingerprint density at radius 1 is 1.58 bits per heavy atom.